The maximum Gasteiger partial charge on any atom is 0.340 e. The van der Waals surface area contributed by atoms with Gasteiger partial charge in [0.2, 0.25) is 0 Å². The van der Waals surface area contributed by atoms with E-state index in [4.69, 9.17) is 5.11 Å². The first kappa shape index (κ1) is 15.0. The van der Waals surface area contributed by atoms with Gasteiger partial charge >= 0.3 is 12.0 Å². The Labute approximate surface area is 127 Å². The molecule has 2 amide bonds. The van der Waals surface area contributed by atoms with E-state index < -0.39 is 23.4 Å². The highest BCUT2D eigenvalue weighted by Crippen LogP contribution is 2.20. The molecule has 0 aliphatic carbocycles. The number of carbonyl (C=O) groups excluding carboxylic acids is 1. The Morgan fingerprint density at radius 2 is 1.71 bits per heavy atom. The zero-order valence-electron chi connectivity index (χ0n) is 10.6. The summed E-state index contributed by atoms with van der Waals surface area (Å²) in [7, 11) is 0. The van der Waals surface area contributed by atoms with E-state index in [1.54, 1.807) is 24.3 Å². The predicted molar refractivity (Wildman–Crippen MR) is 80.1 cm³/mol. The fourth-order valence-corrected chi connectivity index (χ4v) is 1.93. The number of halogens is 2. The quantitative estimate of drug-likeness (QED) is 0.782. The Morgan fingerprint density at radius 3 is 2.33 bits per heavy atom. The highest BCUT2D eigenvalue weighted by molar-refractivity contribution is 9.10. The van der Waals surface area contributed by atoms with Crippen LogP contribution in [-0.4, -0.2) is 17.1 Å². The second-order valence-electron chi connectivity index (χ2n) is 4.05. The molecule has 0 aliphatic rings. The Kier molecular flexibility index (Phi) is 4.54. The van der Waals surface area contributed by atoms with Crippen molar-refractivity contribution in [2.45, 2.75) is 0 Å². The SMILES string of the molecule is O=C(Nc1ccc(Br)cc1)Nc1cccc(F)c1C(=O)O. The maximum atomic E-state index is 13.5. The lowest BCUT2D eigenvalue weighted by Crippen LogP contribution is -2.21. The molecule has 0 atom stereocenters. The zero-order valence-corrected chi connectivity index (χ0v) is 12.1. The first-order valence-corrected chi connectivity index (χ1v) is 6.62. The van der Waals surface area contributed by atoms with Gasteiger partial charge in [0.15, 0.2) is 0 Å². The van der Waals surface area contributed by atoms with Crippen LogP contribution in [0.1, 0.15) is 10.4 Å². The largest absolute Gasteiger partial charge is 0.478 e. The van der Waals surface area contributed by atoms with Gasteiger partial charge in [-0.05, 0) is 36.4 Å². The monoisotopic (exact) mass is 352 g/mol. The molecule has 21 heavy (non-hydrogen) atoms. The van der Waals surface area contributed by atoms with Crippen LogP contribution in [0.2, 0.25) is 0 Å². The van der Waals surface area contributed by atoms with Crippen molar-refractivity contribution in [2.75, 3.05) is 10.6 Å². The van der Waals surface area contributed by atoms with Crippen LogP contribution in [0.25, 0.3) is 0 Å². The third-order valence-electron chi connectivity index (χ3n) is 2.58. The average Bonchev–Trinajstić information content (AvgIpc) is 2.41. The molecule has 0 radical (unpaired) electrons. The fraction of sp³-hybridized carbons (Fsp3) is 0. The molecule has 0 saturated carbocycles. The summed E-state index contributed by atoms with van der Waals surface area (Å²) in [6.45, 7) is 0. The summed E-state index contributed by atoms with van der Waals surface area (Å²) in [5.74, 6) is -2.36. The summed E-state index contributed by atoms with van der Waals surface area (Å²) < 4.78 is 14.3. The molecule has 2 rings (SSSR count). The molecule has 0 fully saturated rings. The number of aromatic carboxylic acids is 1. The Balaban J connectivity index is 2.15. The number of urea groups is 1. The molecule has 0 heterocycles. The van der Waals surface area contributed by atoms with Crippen LogP contribution in [0.4, 0.5) is 20.6 Å². The number of benzene rings is 2. The molecule has 0 spiro atoms. The Morgan fingerprint density at radius 1 is 1.05 bits per heavy atom. The second kappa shape index (κ2) is 6.36. The highest BCUT2D eigenvalue weighted by atomic mass is 79.9. The highest BCUT2D eigenvalue weighted by Gasteiger charge is 2.17. The lowest BCUT2D eigenvalue weighted by Gasteiger charge is -2.10. The maximum absolute atomic E-state index is 13.5. The Hall–Kier alpha value is -2.41. The van der Waals surface area contributed by atoms with Gasteiger partial charge in [0.1, 0.15) is 11.4 Å². The lowest BCUT2D eigenvalue weighted by atomic mass is 10.1. The molecule has 2 aromatic rings. The third-order valence-corrected chi connectivity index (χ3v) is 3.11. The number of rotatable bonds is 3. The van der Waals surface area contributed by atoms with E-state index >= 15 is 0 Å². The number of anilines is 2. The van der Waals surface area contributed by atoms with Crippen LogP contribution < -0.4 is 10.6 Å². The number of hydrogen-bond donors (Lipinski definition) is 3. The van der Waals surface area contributed by atoms with E-state index in [1.165, 1.54) is 12.1 Å². The molecule has 0 bridgehead atoms. The van der Waals surface area contributed by atoms with Crippen LogP contribution in [-0.2, 0) is 0 Å². The predicted octanol–water partition coefficient (Wildman–Crippen LogP) is 3.93. The summed E-state index contributed by atoms with van der Waals surface area (Å²) in [6, 6.07) is 9.78. The van der Waals surface area contributed by atoms with Gasteiger partial charge in [0.05, 0.1) is 5.69 Å². The van der Waals surface area contributed by atoms with Crippen molar-refractivity contribution in [3.63, 3.8) is 0 Å². The van der Waals surface area contributed by atoms with Gasteiger partial charge in [0, 0.05) is 10.2 Å². The number of amides is 2. The summed E-state index contributed by atoms with van der Waals surface area (Å²) in [5.41, 5.74) is -0.176. The average molecular weight is 353 g/mol. The molecule has 0 unspecified atom stereocenters. The molecule has 108 valence electrons. The third kappa shape index (κ3) is 3.79. The van der Waals surface area contributed by atoms with Crippen LogP contribution >= 0.6 is 15.9 Å². The van der Waals surface area contributed by atoms with Crippen molar-refractivity contribution >= 4 is 39.3 Å². The number of carbonyl (C=O) groups is 2. The summed E-state index contributed by atoms with van der Waals surface area (Å²) in [5, 5.41) is 13.8. The molecular weight excluding hydrogens is 343 g/mol. The van der Waals surface area contributed by atoms with E-state index in [-0.39, 0.29) is 5.69 Å². The molecule has 5 nitrogen and oxygen atoms in total. The standard InChI is InChI=1S/C14H10BrFN2O3/c15-8-4-6-9(7-5-8)17-14(21)18-11-3-1-2-10(16)12(11)13(19)20/h1-7H,(H,19,20)(H2,17,18,21). The molecule has 0 saturated heterocycles. The van der Waals surface area contributed by atoms with Gasteiger partial charge in [-0.2, -0.15) is 0 Å². The smallest absolute Gasteiger partial charge is 0.340 e. The van der Waals surface area contributed by atoms with Gasteiger partial charge in [0.25, 0.3) is 0 Å². The second-order valence-corrected chi connectivity index (χ2v) is 4.97. The summed E-state index contributed by atoms with van der Waals surface area (Å²) in [4.78, 5) is 22.8. The van der Waals surface area contributed by atoms with Gasteiger partial charge in [-0.25, -0.2) is 14.0 Å². The minimum absolute atomic E-state index is 0.114. The molecule has 0 aromatic heterocycles. The summed E-state index contributed by atoms with van der Waals surface area (Å²) in [6.07, 6.45) is 0. The van der Waals surface area contributed by atoms with Crippen molar-refractivity contribution < 1.29 is 19.1 Å². The molecule has 7 heteroatoms. The van der Waals surface area contributed by atoms with Gasteiger partial charge < -0.3 is 15.7 Å². The van der Waals surface area contributed by atoms with Crippen LogP contribution in [0.3, 0.4) is 0 Å². The minimum atomic E-state index is -1.45. The molecular formula is C14H10BrFN2O3. The van der Waals surface area contributed by atoms with E-state index in [0.717, 1.165) is 10.5 Å². The number of hydrogen-bond acceptors (Lipinski definition) is 2. The minimum Gasteiger partial charge on any atom is -0.478 e. The van der Waals surface area contributed by atoms with Crippen molar-refractivity contribution in [1.29, 1.82) is 0 Å². The normalized spacial score (nSPS) is 10.0. The van der Waals surface area contributed by atoms with Crippen molar-refractivity contribution in [3.05, 3.63) is 58.3 Å². The first-order valence-electron chi connectivity index (χ1n) is 5.83. The molecule has 0 aliphatic heterocycles. The van der Waals surface area contributed by atoms with Crippen LogP contribution in [0, 0.1) is 5.82 Å². The summed E-state index contributed by atoms with van der Waals surface area (Å²) >= 11 is 3.26. The van der Waals surface area contributed by atoms with Gasteiger partial charge in [-0.3, -0.25) is 0 Å². The van der Waals surface area contributed by atoms with E-state index in [9.17, 15) is 14.0 Å². The lowest BCUT2D eigenvalue weighted by molar-refractivity contribution is 0.0693. The van der Waals surface area contributed by atoms with Crippen molar-refractivity contribution in [1.82, 2.24) is 0 Å². The van der Waals surface area contributed by atoms with E-state index in [0.29, 0.717) is 5.69 Å². The van der Waals surface area contributed by atoms with E-state index in [1.807, 2.05) is 0 Å². The van der Waals surface area contributed by atoms with Crippen molar-refractivity contribution in [2.24, 2.45) is 0 Å². The zero-order chi connectivity index (χ0) is 15.4. The van der Waals surface area contributed by atoms with Gasteiger partial charge in [-0.1, -0.05) is 22.0 Å². The van der Waals surface area contributed by atoms with Gasteiger partial charge in [-0.15, -0.1) is 0 Å². The first-order chi connectivity index (χ1) is 9.97. The van der Waals surface area contributed by atoms with Crippen LogP contribution in [0.5, 0.6) is 0 Å². The molecule has 3 N–H and O–H groups in total. The number of nitrogens with one attached hydrogen (secondary N) is 2. The van der Waals surface area contributed by atoms with Crippen molar-refractivity contribution in [3.8, 4) is 0 Å². The topological polar surface area (TPSA) is 78.4 Å². The fourth-order valence-electron chi connectivity index (χ4n) is 1.66. The van der Waals surface area contributed by atoms with E-state index in [2.05, 4.69) is 26.6 Å². The Bertz CT molecular complexity index is 689. The van der Waals surface area contributed by atoms with Crippen LogP contribution in [0.15, 0.2) is 46.9 Å². The molecule has 2 aromatic carbocycles. The number of carboxylic acid groups (broad SMARTS) is 1. The number of carboxylic acids is 1.